The van der Waals surface area contributed by atoms with Crippen molar-refractivity contribution in [1.29, 1.82) is 0 Å². The Bertz CT molecular complexity index is 253. The van der Waals surface area contributed by atoms with Crippen LogP contribution >= 0.6 is 0 Å². The van der Waals surface area contributed by atoms with Crippen molar-refractivity contribution in [2.45, 2.75) is 26.7 Å². The van der Waals surface area contributed by atoms with Gasteiger partial charge in [-0.05, 0) is 6.42 Å². The highest BCUT2D eigenvalue weighted by molar-refractivity contribution is 5.38. The second kappa shape index (κ2) is 3.61. The van der Waals surface area contributed by atoms with Gasteiger partial charge in [0.15, 0.2) is 5.89 Å². The molecule has 0 N–H and O–H groups in total. The molecule has 0 saturated heterocycles. The summed E-state index contributed by atoms with van der Waals surface area (Å²) in [6.07, 6.45) is 1.79. The zero-order valence-electron chi connectivity index (χ0n) is 8.22. The zero-order chi connectivity index (χ0) is 9.14. The highest BCUT2D eigenvalue weighted by Gasteiger charge is 2.11. The Morgan fingerprint density at radius 2 is 1.92 bits per heavy atom. The average molecular weight is 168 g/mol. The summed E-state index contributed by atoms with van der Waals surface area (Å²) in [6, 6.07) is 0. The van der Waals surface area contributed by atoms with E-state index in [9.17, 15) is 0 Å². The lowest BCUT2D eigenvalue weighted by Gasteiger charge is -2.08. The SMILES string of the molecule is CCc1nc(CC)c(N(C)C)o1. The Hall–Kier alpha value is -0.990. The Kier molecular flexibility index (Phi) is 2.74. The van der Waals surface area contributed by atoms with Crippen LogP contribution in [-0.2, 0) is 12.8 Å². The zero-order valence-corrected chi connectivity index (χ0v) is 8.22. The van der Waals surface area contributed by atoms with Crippen molar-refractivity contribution < 1.29 is 4.42 Å². The summed E-state index contributed by atoms with van der Waals surface area (Å²) in [5.41, 5.74) is 1.05. The van der Waals surface area contributed by atoms with Crippen molar-refractivity contribution in [2.75, 3.05) is 19.0 Å². The highest BCUT2D eigenvalue weighted by atomic mass is 16.4. The van der Waals surface area contributed by atoms with Crippen LogP contribution in [0.5, 0.6) is 0 Å². The number of oxazole rings is 1. The first-order valence-corrected chi connectivity index (χ1v) is 4.34. The molecule has 12 heavy (non-hydrogen) atoms. The summed E-state index contributed by atoms with van der Waals surface area (Å²) in [5.74, 6) is 1.73. The smallest absolute Gasteiger partial charge is 0.219 e. The molecule has 0 unspecified atom stereocenters. The third-order valence-corrected chi connectivity index (χ3v) is 1.76. The molecule has 0 aliphatic heterocycles. The van der Waals surface area contributed by atoms with E-state index in [0.29, 0.717) is 0 Å². The van der Waals surface area contributed by atoms with Gasteiger partial charge in [0.25, 0.3) is 0 Å². The fourth-order valence-electron chi connectivity index (χ4n) is 1.12. The molecular weight excluding hydrogens is 152 g/mol. The van der Waals surface area contributed by atoms with Crippen LogP contribution < -0.4 is 4.90 Å². The van der Waals surface area contributed by atoms with Gasteiger partial charge in [-0.2, -0.15) is 0 Å². The molecule has 1 aromatic heterocycles. The Labute approximate surface area is 73.4 Å². The standard InChI is InChI=1S/C9H16N2O/c1-5-7-9(11(3)4)12-8(6-2)10-7/h5-6H2,1-4H3. The van der Waals surface area contributed by atoms with Crippen LogP contribution in [0.1, 0.15) is 25.4 Å². The van der Waals surface area contributed by atoms with Gasteiger partial charge >= 0.3 is 0 Å². The maximum Gasteiger partial charge on any atom is 0.219 e. The van der Waals surface area contributed by atoms with Crippen molar-refractivity contribution in [3.8, 4) is 0 Å². The fourth-order valence-corrected chi connectivity index (χ4v) is 1.12. The third-order valence-electron chi connectivity index (χ3n) is 1.76. The van der Waals surface area contributed by atoms with Gasteiger partial charge in [0, 0.05) is 20.5 Å². The molecule has 3 heteroatoms. The molecule has 68 valence electrons. The van der Waals surface area contributed by atoms with Crippen molar-refractivity contribution in [3.05, 3.63) is 11.6 Å². The van der Waals surface area contributed by atoms with Gasteiger partial charge in [0.2, 0.25) is 5.88 Å². The predicted octanol–water partition coefficient (Wildman–Crippen LogP) is 1.87. The lowest BCUT2D eigenvalue weighted by molar-refractivity contribution is 0.502. The normalized spacial score (nSPS) is 10.3. The molecule has 1 rings (SSSR count). The molecule has 0 fully saturated rings. The maximum absolute atomic E-state index is 5.53. The van der Waals surface area contributed by atoms with E-state index in [2.05, 4.69) is 11.9 Å². The monoisotopic (exact) mass is 168 g/mol. The van der Waals surface area contributed by atoms with Crippen LogP contribution in [-0.4, -0.2) is 19.1 Å². The molecule has 1 heterocycles. The van der Waals surface area contributed by atoms with Gasteiger partial charge in [0.05, 0.1) is 0 Å². The van der Waals surface area contributed by atoms with Gasteiger partial charge in [0.1, 0.15) is 5.69 Å². The molecule has 0 radical (unpaired) electrons. The number of aryl methyl sites for hydroxylation is 2. The van der Waals surface area contributed by atoms with Crippen LogP contribution in [0.4, 0.5) is 5.88 Å². The maximum atomic E-state index is 5.53. The molecule has 0 amide bonds. The van der Waals surface area contributed by atoms with E-state index in [-0.39, 0.29) is 0 Å². The van der Waals surface area contributed by atoms with Gasteiger partial charge in [-0.25, -0.2) is 4.98 Å². The second-order valence-corrected chi connectivity index (χ2v) is 2.96. The van der Waals surface area contributed by atoms with E-state index < -0.39 is 0 Å². The summed E-state index contributed by atoms with van der Waals surface area (Å²) >= 11 is 0. The minimum atomic E-state index is 0.829. The van der Waals surface area contributed by atoms with Crippen LogP contribution in [0, 0.1) is 0 Å². The molecule has 1 aromatic rings. The quantitative estimate of drug-likeness (QED) is 0.690. The van der Waals surface area contributed by atoms with Gasteiger partial charge in [-0.1, -0.05) is 13.8 Å². The molecule has 3 nitrogen and oxygen atoms in total. The third kappa shape index (κ3) is 1.60. The number of nitrogens with zero attached hydrogens (tertiary/aromatic N) is 2. The van der Waals surface area contributed by atoms with Crippen molar-refractivity contribution in [3.63, 3.8) is 0 Å². The summed E-state index contributed by atoms with van der Waals surface area (Å²) in [5, 5.41) is 0. The number of anilines is 1. The van der Waals surface area contributed by atoms with Crippen molar-refractivity contribution in [2.24, 2.45) is 0 Å². The van der Waals surface area contributed by atoms with E-state index in [1.54, 1.807) is 0 Å². The topological polar surface area (TPSA) is 29.3 Å². The second-order valence-electron chi connectivity index (χ2n) is 2.96. The molecular formula is C9H16N2O. The van der Waals surface area contributed by atoms with Gasteiger partial charge < -0.3 is 9.32 Å². The van der Waals surface area contributed by atoms with E-state index in [1.807, 2.05) is 25.9 Å². The van der Waals surface area contributed by atoms with E-state index in [1.165, 1.54) is 0 Å². The van der Waals surface area contributed by atoms with Gasteiger partial charge in [-0.3, -0.25) is 0 Å². The lowest BCUT2D eigenvalue weighted by Crippen LogP contribution is -2.09. The summed E-state index contributed by atoms with van der Waals surface area (Å²) in [7, 11) is 3.94. The predicted molar refractivity (Wildman–Crippen MR) is 49.6 cm³/mol. The molecule has 0 aliphatic rings. The van der Waals surface area contributed by atoms with Crippen LogP contribution in [0.25, 0.3) is 0 Å². The molecule has 0 spiro atoms. The number of aromatic nitrogens is 1. The molecule has 0 saturated carbocycles. The molecule has 0 atom stereocenters. The van der Waals surface area contributed by atoms with Crippen molar-refractivity contribution in [1.82, 2.24) is 4.98 Å². The minimum Gasteiger partial charge on any atom is -0.425 e. The van der Waals surface area contributed by atoms with Crippen LogP contribution in [0.2, 0.25) is 0 Å². The lowest BCUT2D eigenvalue weighted by atomic mass is 10.3. The number of rotatable bonds is 3. The number of hydrogen-bond acceptors (Lipinski definition) is 3. The Morgan fingerprint density at radius 1 is 1.25 bits per heavy atom. The van der Waals surface area contributed by atoms with E-state index in [4.69, 9.17) is 4.42 Å². The summed E-state index contributed by atoms with van der Waals surface area (Å²) < 4.78 is 5.53. The van der Waals surface area contributed by atoms with Crippen molar-refractivity contribution >= 4 is 5.88 Å². The Balaban J connectivity index is 3.00. The Morgan fingerprint density at radius 3 is 2.25 bits per heavy atom. The molecule has 0 bridgehead atoms. The first-order valence-electron chi connectivity index (χ1n) is 4.34. The van der Waals surface area contributed by atoms with E-state index >= 15 is 0 Å². The first kappa shape index (κ1) is 9.10. The summed E-state index contributed by atoms with van der Waals surface area (Å²) in [4.78, 5) is 6.32. The molecule has 0 aliphatic carbocycles. The number of hydrogen-bond donors (Lipinski definition) is 0. The van der Waals surface area contributed by atoms with Crippen LogP contribution in [0.3, 0.4) is 0 Å². The largest absolute Gasteiger partial charge is 0.425 e. The first-order chi connectivity index (χ1) is 5.69. The summed E-state index contributed by atoms with van der Waals surface area (Å²) in [6.45, 7) is 4.13. The average Bonchev–Trinajstić information content (AvgIpc) is 2.47. The molecule has 0 aromatic carbocycles. The van der Waals surface area contributed by atoms with Crippen LogP contribution in [0.15, 0.2) is 4.42 Å². The minimum absolute atomic E-state index is 0.829. The highest BCUT2D eigenvalue weighted by Crippen LogP contribution is 2.20. The van der Waals surface area contributed by atoms with Gasteiger partial charge in [-0.15, -0.1) is 0 Å². The fraction of sp³-hybridized carbons (Fsp3) is 0.667. The van der Waals surface area contributed by atoms with E-state index in [0.717, 1.165) is 30.3 Å².